The van der Waals surface area contributed by atoms with Gasteiger partial charge in [-0.15, -0.1) is 0 Å². The number of amides is 1. The van der Waals surface area contributed by atoms with Crippen LogP contribution in [0.4, 0.5) is 0 Å². The molecule has 0 saturated carbocycles. The Labute approximate surface area is 90.1 Å². The number of aliphatic hydroxyl groups is 2. The molecule has 1 fully saturated rings. The van der Waals surface area contributed by atoms with Crippen molar-refractivity contribution in [1.29, 1.82) is 0 Å². The first kappa shape index (κ1) is 12.4. The van der Waals surface area contributed by atoms with Crippen molar-refractivity contribution in [2.45, 2.75) is 25.4 Å². The molecule has 1 amide bonds. The Morgan fingerprint density at radius 1 is 1.47 bits per heavy atom. The van der Waals surface area contributed by atoms with E-state index >= 15 is 0 Å². The van der Waals surface area contributed by atoms with Crippen molar-refractivity contribution in [3.8, 4) is 0 Å². The number of carbonyl (C=O) groups excluding carboxylic acids is 1. The van der Waals surface area contributed by atoms with Crippen LogP contribution in [0.1, 0.15) is 19.8 Å². The van der Waals surface area contributed by atoms with E-state index in [2.05, 4.69) is 5.32 Å². The molecule has 1 saturated heterocycles. The van der Waals surface area contributed by atoms with Gasteiger partial charge in [0, 0.05) is 19.6 Å². The number of aliphatic hydroxyl groups excluding tert-OH is 1. The zero-order valence-corrected chi connectivity index (χ0v) is 9.20. The maximum absolute atomic E-state index is 11.3. The van der Waals surface area contributed by atoms with E-state index in [1.54, 1.807) is 0 Å². The third-order valence-corrected chi connectivity index (χ3v) is 2.73. The van der Waals surface area contributed by atoms with Crippen LogP contribution in [0, 0.1) is 0 Å². The molecule has 5 nitrogen and oxygen atoms in total. The van der Waals surface area contributed by atoms with Gasteiger partial charge in [0.25, 0.3) is 0 Å². The van der Waals surface area contributed by atoms with Gasteiger partial charge in [0.15, 0.2) is 0 Å². The Bertz CT molecular complexity index is 209. The van der Waals surface area contributed by atoms with Crippen molar-refractivity contribution >= 4 is 5.91 Å². The molecule has 88 valence electrons. The number of hydrogen-bond donors (Lipinski definition) is 3. The zero-order valence-electron chi connectivity index (χ0n) is 9.20. The molecule has 0 spiro atoms. The summed E-state index contributed by atoms with van der Waals surface area (Å²) in [6, 6.07) is 0. The second-order valence-electron chi connectivity index (χ2n) is 4.35. The zero-order chi connectivity index (χ0) is 11.3. The fourth-order valence-corrected chi connectivity index (χ4v) is 1.65. The van der Waals surface area contributed by atoms with Crippen LogP contribution in [-0.2, 0) is 4.79 Å². The van der Waals surface area contributed by atoms with Crippen molar-refractivity contribution in [2.24, 2.45) is 0 Å². The summed E-state index contributed by atoms with van der Waals surface area (Å²) in [7, 11) is 0. The number of likely N-dealkylation sites (tertiary alicyclic amines) is 1. The first-order valence-electron chi connectivity index (χ1n) is 5.36. The minimum atomic E-state index is -0.571. The van der Waals surface area contributed by atoms with Crippen LogP contribution in [0.25, 0.3) is 0 Å². The molecule has 15 heavy (non-hydrogen) atoms. The van der Waals surface area contributed by atoms with E-state index in [1.807, 2.05) is 11.8 Å². The summed E-state index contributed by atoms with van der Waals surface area (Å²) in [5.74, 6) is -0.0643. The number of nitrogens with zero attached hydrogens (tertiary/aromatic N) is 1. The lowest BCUT2D eigenvalue weighted by atomic mass is 9.94. The molecule has 1 aliphatic rings. The second-order valence-corrected chi connectivity index (χ2v) is 4.35. The third-order valence-electron chi connectivity index (χ3n) is 2.73. The van der Waals surface area contributed by atoms with Gasteiger partial charge in [0.1, 0.15) is 0 Å². The Morgan fingerprint density at radius 2 is 2.07 bits per heavy atom. The highest BCUT2D eigenvalue weighted by molar-refractivity contribution is 5.77. The topological polar surface area (TPSA) is 72.8 Å². The molecule has 5 heteroatoms. The number of piperidine rings is 1. The van der Waals surface area contributed by atoms with Gasteiger partial charge in [-0.05, 0) is 19.8 Å². The lowest BCUT2D eigenvalue weighted by molar-refractivity contribution is -0.123. The quantitative estimate of drug-likeness (QED) is 0.560. The van der Waals surface area contributed by atoms with Crippen LogP contribution < -0.4 is 5.32 Å². The molecule has 0 aromatic rings. The smallest absolute Gasteiger partial charge is 0.234 e. The van der Waals surface area contributed by atoms with Crippen molar-refractivity contribution in [2.75, 3.05) is 32.8 Å². The van der Waals surface area contributed by atoms with Crippen LogP contribution >= 0.6 is 0 Å². The second kappa shape index (κ2) is 5.44. The molecular formula is C10H20N2O3. The lowest BCUT2D eigenvalue weighted by Crippen LogP contribution is -2.46. The average molecular weight is 216 g/mol. The SMILES string of the molecule is CC1(O)CCN(CC(=O)NCCO)CC1. The highest BCUT2D eigenvalue weighted by atomic mass is 16.3. The van der Waals surface area contributed by atoms with E-state index < -0.39 is 5.60 Å². The van der Waals surface area contributed by atoms with Crippen LogP contribution in [0.15, 0.2) is 0 Å². The number of carbonyl (C=O) groups is 1. The van der Waals surface area contributed by atoms with Gasteiger partial charge in [0.05, 0.1) is 18.8 Å². The molecule has 0 bridgehead atoms. The summed E-state index contributed by atoms with van der Waals surface area (Å²) in [5, 5.41) is 20.8. The van der Waals surface area contributed by atoms with Gasteiger partial charge in [0.2, 0.25) is 5.91 Å². The summed E-state index contributed by atoms with van der Waals surface area (Å²) in [6.45, 7) is 3.97. The van der Waals surface area contributed by atoms with Crippen LogP contribution in [0.5, 0.6) is 0 Å². The Morgan fingerprint density at radius 3 is 2.60 bits per heavy atom. The van der Waals surface area contributed by atoms with Gasteiger partial charge in [-0.25, -0.2) is 0 Å². The first-order chi connectivity index (χ1) is 7.03. The molecule has 1 aliphatic heterocycles. The minimum absolute atomic E-state index is 0.0273. The third kappa shape index (κ3) is 4.59. The van der Waals surface area contributed by atoms with E-state index in [4.69, 9.17) is 5.11 Å². The minimum Gasteiger partial charge on any atom is -0.395 e. The first-order valence-corrected chi connectivity index (χ1v) is 5.36. The number of hydrogen-bond acceptors (Lipinski definition) is 4. The van der Waals surface area contributed by atoms with Crippen LogP contribution in [-0.4, -0.2) is 59.4 Å². The summed E-state index contributed by atoms with van der Waals surface area (Å²) in [4.78, 5) is 13.3. The van der Waals surface area contributed by atoms with Crippen LogP contribution in [0.2, 0.25) is 0 Å². The molecular weight excluding hydrogens is 196 g/mol. The van der Waals surface area contributed by atoms with Gasteiger partial charge in [-0.2, -0.15) is 0 Å². The number of rotatable bonds is 4. The van der Waals surface area contributed by atoms with Gasteiger partial charge in [-0.1, -0.05) is 0 Å². The van der Waals surface area contributed by atoms with E-state index in [0.717, 1.165) is 13.1 Å². The van der Waals surface area contributed by atoms with Crippen molar-refractivity contribution < 1.29 is 15.0 Å². The predicted octanol–water partition coefficient (Wildman–Crippen LogP) is -1.06. The lowest BCUT2D eigenvalue weighted by Gasteiger charge is -2.35. The fourth-order valence-electron chi connectivity index (χ4n) is 1.65. The van der Waals surface area contributed by atoms with Crippen LogP contribution in [0.3, 0.4) is 0 Å². The predicted molar refractivity (Wildman–Crippen MR) is 56.4 cm³/mol. The standard InChI is InChI=1S/C10H20N2O3/c1-10(15)2-5-12(6-3-10)8-9(14)11-4-7-13/h13,15H,2-8H2,1H3,(H,11,14). The molecule has 0 aromatic heterocycles. The molecule has 0 radical (unpaired) electrons. The largest absolute Gasteiger partial charge is 0.395 e. The molecule has 0 atom stereocenters. The van der Waals surface area contributed by atoms with E-state index in [-0.39, 0.29) is 12.5 Å². The number of nitrogens with one attached hydrogen (secondary N) is 1. The van der Waals surface area contributed by atoms with Crippen molar-refractivity contribution in [1.82, 2.24) is 10.2 Å². The normalized spacial score (nSPS) is 21.3. The Kier molecular flexibility index (Phi) is 4.50. The monoisotopic (exact) mass is 216 g/mol. The van der Waals surface area contributed by atoms with Gasteiger partial charge >= 0.3 is 0 Å². The van der Waals surface area contributed by atoms with Gasteiger partial charge in [-0.3, -0.25) is 9.69 Å². The van der Waals surface area contributed by atoms with E-state index in [0.29, 0.717) is 25.9 Å². The highest BCUT2D eigenvalue weighted by Gasteiger charge is 2.27. The molecule has 0 aliphatic carbocycles. The Balaban J connectivity index is 2.21. The molecule has 1 heterocycles. The van der Waals surface area contributed by atoms with Crippen molar-refractivity contribution in [3.63, 3.8) is 0 Å². The maximum Gasteiger partial charge on any atom is 0.234 e. The fraction of sp³-hybridized carbons (Fsp3) is 0.900. The van der Waals surface area contributed by atoms with Gasteiger partial charge < -0.3 is 15.5 Å². The Hall–Kier alpha value is -0.650. The maximum atomic E-state index is 11.3. The molecule has 1 rings (SSSR count). The summed E-state index contributed by atoms with van der Waals surface area (Å²) >= 11 is 0. The molecule has 0 unspecified atom stereocenters. The summed E-state index contributed by atoms with van der Waals surface area (Å²) in [5.41, 5.74) is -0.571. The van der Waals surface area contributed by atoms with E-state index in [9.17, 15) is 9.90 Å². The highest BCUT2D eigenvalue weighted by Crippen LogP contribution is 2.20. The van der Waals surface area contributed by atoms with E-state index in [1.165, 1.54) is 0 Å². The summed E-state index contributed by atoms with van der Waals surface area (Å²) < 4.78 is 0. The molecule has 0 aromatic carbocycles. The molecule has 3 N–H and O–H groups in total. The van der Waals surface area contributed by atoms with Crippen molar-refractivity contribution in [3.05, 3.63) is 0 Å². The average Bonchev–Trinajstić information content (AvgIpc) is 2.18. The summed E-state index contributed by atoms with van der Waals surface area (Å²) in [6.07, 6.45) is 1.42.